The predicted molar refractivity (Wildman–Crippen MR) is 125 cm³/mol. The lowest BCUT2D eigenvalue weighted by Crippen LogP contribution is -2.61. The van der Waals surface area contributed by atoms with Gasteiger partial charge in [0.1, 0.15) is 22.4 Å². The average molecular weight is 499 g/mol. The van der Waals surface area contributed by atoms with E-state index >= 15 is 0 Å². The fourth-order valence-corrected chi connectivity index (χ4v) is 6.74. The summed E-state index contributed by atoms with van der Waals surface area (Å²) in [5.74, 6) is 0.0764. The lowest BCUT2D eigenvalue weighted by molar-refractivity contribution is 0.0135. The van der Waals surface area contributed by atoms with Crippen molar-refractivity contribution >= 4 is 38.2 Å². The van der Waals surface area contributed by atoms with Crippen molar-refractivity contribution < 1.29 is 26.7 Å². The monoisotopic (exact) mass is 498 g/mol. The largest absolute Gasteiger partial charge is 0.444 e. The van der Waals surface area contributed by atoms with Crippen LogP contribution in [-0.2, 0) is 31.7 Å². The molecule has 12 heteroatoms. The van der Waals surface area contributed by atoms with Crippen molar-refractivity contribution in [2.24, 2.45) is 0 Å². The van der Waals surface area contributed by atoms with E-state index in [-0.39, 0.29) is 24.9 Å². The molecule has 0 spiro atoms. The molecule has 0 bridgehead atoms. The quantitative estimate of drug-likeness (QED) is 0.628. The standard InChI is InChI=1S/C21H30N4O6S2/c1-21(2,3)31-20(26)23-11-16(12-23)33(29,30)25-9-6-15(7-10-25)18-13-24(14-32(27)28)19-17(18)5-4-8-22-19/h4-5,8,13,15-16H,6-7,9-12,14H2,1-3H3,(H,27,28). The molecular formula is C21H30N4O6S2. The maximum atomic E-state index is 13.1. The van der Waals surface area contributed by atoms with E-state index in [1.54, 1.807) is 31.5 Å². The minimum Gasteiger partial charge on any atom is -0.444 e. The molecule has 4 rings (SSSR count). The molecule has 1 amide bonds. The van der Waals surface area contributed by atoms with Gasteiger partial charge in [-0.25, -0.2) is 26.7 Å². The van der Waals surface area contributed by atoms with E-state index < -0.39 is 38.0 Å². The zero-order valence-electron chi connectivity index (χ0n) is 19.0. The van der Waals surface area contributed by atoms with Crippen LogP contribution in [0.1, 0.15) is 45.1 Å². The van der Waals surface area contributed by atoms with Gasteiger partial charge in [0, 0.05) is 44.0 Å². The SMILES string of the molecule is CC(C)(C)OC(=O)N1CC(S(=O)(=O)N2CCC(c3cn(CS(=O)O)c4ncccc34)CC2)C1. The Morgan fingerprint density at radius 2 is 1.94 bits per heavy atom. The highest BCUT2D eigenvalue weighted by molar-refractivity contribution is 7.89. The number of pyridine rings is 1. The molecule has 1 N–H and O–H groups in total. The number of carbonyl (C=O) groups excluding carboxylic acids is 1. The number of nitrogens with zero attached hydrogens (tertiary/aromatic N) is 4. The molecule has 2 aliphatic rings. The van der Waals surface area contributed by atoms with Crippen LogP contribution in [0.4, 0.5) is 4.79 Å². The van der Waals surface area contributed by atoms with E-state index in [0.717, 1.165) is 10.9 Å². The molecule has 0 saturated carbocycles. The van der Waals surface area contributed by atoms with Gasteiger partial charge >= 0.3 is 6.09 Å². The highest BCUT2D eigenvalue weighted by atomic mass is 32.2. The van der Waals surface area contributed by atoms with Crippen LogP contribution in [0.3, 0.4) is 0 Å². The summed E-state index contributed by atoms with van der Waals surface area (Å²) in [7, 11) is -3.50. The van der Waals surface area contributed by atoms with Crippen molar-refractivity contribution in [3.8, 4) is 0 Å². The van der Waals surface area contributed by atoms with Crippen LogP contribution in [-0.4, -0.2) is 79.1 Å². The van der Waals surface area contributed by atoms with Gasteiger partial charge in [-0.15, -0.1) is 0 Å². The number of piperidine rings is 1. The number of ether oxygens (including phenoxy) is 1. The molecule has 2 aromatic heterocycles. The summed E-state index contributed by atoms with van der Waals surface area (Å²) < 4.78 is 55.3. The number of aromatic nitrogens is 2. The lowest BCUT2D eigenvalue weighted by atomic mass is 9.90. The Balaban J connectivity index is 1.39. The van der Waals surface area contributed by atoms with Crippen LogP contribution in [0.15, 0.2) is 24.5 Å². The van der Waals surface area contributed by atoms with Gasteiger partial charge in [-0.1, -0.05) is 0 Å². The molecule has 2 aliphatic heterocycles. The zero-order chi connectivity index (χ0) is 24.0. The maximum absolute atomic E-state index is 13.1. The summed E-state index contributed by atoms with van der Waals surface area (Å²) >= 11 is -2.00. The first kappa shape index (κ1) is 24.1. The van der Waals surface area contributed by atoms with Crippen LogP contribution >= 0.6 is 0 Å². The van der Waals surface area contributed by atoms with Gasteiger partial charge in [0.15, 0.2) is 11.1 Å². The third-order valence-electron chi connectivity index (χ3n) is 6.09. The minimum atomic E-state index is -3.50. The Kier molecular flexibility index (Phi) is 6.56. The molecule has 0 aliphatic carbocycles. The number of likely N-dealkylation sites (tertiary alicyclic amines) is 1. The van der Waals surface area contributed by atoms with Crippen LogP contribution in [0.5, 0.6) is 0 Å². The molecule has 1 unspecified atom stereocenters. The second kappa shape index (κ2) is 8.97. The highest BCUT2D eigenvalue weighted by Crippen LogP contribution is 2.35. The molecule has 2 aromatic rings. The molecule has 0 aromatic carbocycles. The fraction of sp³-hybridized carbons (Fsp3) is 0.619. The zero-order valence-corrected chi connectivity index (χ0v) is 20.6. The summed E-state index contributed by atoms with van der Waals surface area (Å²) in [5, 5.41) is 0.323. The van der Waals surface area contributed by atoms with Crippen molar-refractivity contribution in [2.45, 2.75) is 56.3 Å². The molecule has 4 heterocycles. The van der Waals surface area contributed by atoms with Gasteiger partial charge in [0.25, 0.3) is 0 Å². The topological polar surface area (TPSA) is 122 Å². The minimum absolute atomic E-state index is 0.0590. The van der Waals surface area contributed by atoms with Gasteiger partial charge in [-0.05, 0) is 57.2 Å². The van der Waals surface area contributed by atoms with Gasteiger partial charge in [0.05, 0.1) is 0 Å². The fourth-order valence-electron chi connectivity index (χ4n) is 4.43. The number of carbonyl (C=O) groups is 1. The van der Waals surface area contributed by atoms with Gasteiger partial charge in [0.2, 0.25) is 10.0 Å². The van der Waals surface area contributed by atoms with Crippen LogP contribution in [0.2, 0.25) is 0 Å². The number of rotatable bonds is 5. The highest BCUT2D eigenvalue weighted by Gasteiger charge is 2.45. The first-order valence-electron chi connectivity index (χ1n) is 10.9. The smallest absolute Gasteiger partial charge is 0.410 e. The molecule has 0 radical (unpaired) electrons. The van der Waals surface area contributed by atoms with Gasteiger partial charge in [-0.3, -0.25) is 0 Å². The second-order valence-corrected chi connectivity index (χ2v) is 12.7. The average Bonchev–Trinajstić information content (AvgIpc) is 3.03. The Hall–Kier alpha value is -2.02. The summed E-state index contributed by atoms with van der Waals surface area (Å²) in [4.78, 5) is 17.9. The Morgan fingerprint density at radius 3 is 2.55 bits per heavy atom. The normalized spacial score (nSPS) is 20.1. The van der Waals surface area contributed by atoms with Crippen molar-refractivity contribution in [3.63, 3.8) is 0 Å². The Bertz CT molecular complexity index is 1160. The molecular weight excluding hydrogens is 468 g/mol. The third kappa shape index (κ3) is 5.08. The van der Waals surface area contributed by atoms with Crippen molar-refractivity contribution in [3.05, 3.63) is 30.1 Å². The summed E-state index contributed by atoms with van der Waals surface area (Å²) in [6.07, 6.45) is 4.33. The van der Waals surface area contributed by atoms with Crippen molar-refractivity contribution in [1.82, 2.24) is 18.8 Å². The van der Waals surface area contributed by atoms with E-state index in [4.69, 9.17) is 4.74 Å². The number of fused-ring (bicyclic) bond motifs is 1. The molecule has 33 heavy (non-hydrogen) atoms. The van der Waals surface area contributed by atoms with Crippen LogP contribution in [0.25, 0.3) is 11.0 Å². The second-order valence-electron chi connectivity index (χ2n) is 9.60. The number of hydrogen-bond donors (Lipinski definition) is 1. The Labute approximate surface area is 196 Å². The van der Waals surface area contributed by atoms with Crippen LogP contribution < -0.4 is 0 Å². The molecule has 2 saturated heterocycles. The lowest BCUT2D eigenvalue weighted by Gasteiger charge is -2.42. The maximum Gasteiger partial charge on any atom is 0.410 e. The van der Waals surface area contributed by atoms with Gasteiger partial charge < -0.3 is 18.8 Å². The summed E-state index contributed by atoms with van der Waals surface area (Å²) in [5.41, 5.74) is 1.07. The van der Waals surface area contributed by atoms with E-state index in [2.05, 4.69) is 4.98 Å². The van der Waals surface area contributed by atoms with E-state index in [1.807, 2.05) is 18.3 Å². The number of amides is 1. The van der Waals surface area contributed by atoms with Crippen molar-refractivity contribution in [2.75, 3.05) is 26.2 Å². The molecule has 1 atom stereocenters. The summed E-state index contributed by atoms with van der Waals surface area (Å²) in [6, 6.07) is 3.77. The van der Waals surface area contributed by atoms with E-state index in [0.29, 0.717) is 31.6 Å². The first-order chi connectivity index (χ1) is 15.5. The third-order valence-corrected chi connectivity index (χ3v) is 8.81. The molecule has 2 fully saturated rings. The summed E-state index contributed by atoms with van der Waals surface area (Å²) in [6.45, 7) is 6.42. The number of sulfonamides is 1. The van der Waals surface area contributed by atoms with E-state index in [9.17, 15) is 22.0 Å². The molecule has 10 nitrogen and oxygen atoms in total. The van der Waals surface area contributed by atoms with Crippen LogP contribution in [0, 0.1) is 0 Å². The number of hydrogen-bond acceptors (Lipinski definition) is 6. The van der Waals surface area contributed by atoms with Gasteiger partial charge in [-0.2, -0.15) is 0 Å². The van der Waals surface area contributed by atoms with Crippen molar-refractivity contribution in [1.29, 1.82) is 0 Å². The first-order valence-corrected chi connectivity index (χ1v) is 13.7. The predicted octanol–water partition coefficient (Wildman–Crippen LogP) is 2.34. The Morgan fingerprint density at radius 1 is 1.27 bits per heavy atom. The molecule has 182 valence electrons. The van der Waals surface area contributed by atoms with E-state index in [1.165, 1.54) is 9.21 Å².